The average Bonchev–Trinajstić information content (AvgIpc) is 3.29. The summed E-state index contributed by atoms with van der Waals surface area (Å²) in [6.45, 7) is 6.68. The number of alkyl carbamates (subject to hydrolysis) is 2. The van der Waals surface area contributed by atoms with E-state index in [1.807, 2.05) is 4.90 Å². The van der Waals surface area contributed by atoms with E-state index in [4.69, 9.17) is 23.7 Å². The second kappa shape index (κ2) is 20.5. The maximum atomic E-state index is 13.7. The van der Waals surface area contributed by atoms with Crippen LogP contribution in [-0.2, 0) is 33.3 Å². The molecule has 1 aliphatic carbocycles. The van der Waals surface area contributed by atoms with Crippen molar-refractivity contribution in [3.63, 3.8) is 0 Å². The SMILES string of the molecule is COC(=O)NCCN1C(=O)C2(CCOCC2)Oc2ccc(C(=O)N(C(C)C)C3CCCCC3)cc21.COC(=O)NCCN1C(=O)C2(CCOCC2)Oc2ccc(C(=O)OC)cc21. The Hall–Kier alpha value is -5.62. The van der Waals surface area contributed by atoms with Gasteiger partial charge in [-0.05, 0) is 63.1 Å². The molecule has 0 bridgehead atoms. The number of carbonyl (C=O) groups excluding carboxylic acids is 6. The van der Waals surface area contributed by atoms with E-state index in [9.17, 15) is 28.8 Å². The molecule has 2 aromatic rings. The van der Waals surface area contributed by atoms with Gasteiger partial charge in [0, 0.05) is 69.5 Å². The Morgan fingerprint density at radius 3 is 1.58 bits per heavy atom. The number of nitrogens with zero attached hydrogens (tertiary/aromatic N) is 3. The van der Waals surface area contributed by atoms with Crippen molar-refractivity contribution in [3.8, 4) is 11.5 Å². The summed E-state index contributed by atoms with van der Waals surface area (Å²) in [6, 6.07) is 10.5. The first kappa shape index (κ1) is 45.9. The molecular weight excluding hydrogens is 807 g/mol. The molecular formula is C44H59N5O13. The van der Waals surface area contributed by atoms with E-state index in [0.29, 0.717) is 86.1 Å². The molecule has 3 fully saturated rings. The lowest BCUT2D eigenvalue weighted by Gasteiger charge is -2.44. The van der Waals surface area contributed by atoms with Crippen molar-refractivity contribution in [2.45, 2.75) is 94.9 Å². The van der Waals surface area contributed by atoms with Gasteiger partial charge in [-0.15, -0.1) is 0 Å². The second-order valence-corrected chi connectivity index (χ2v) is 16.1. The average molecular weight is 866 g/mol. The van der Waals surface area contributed by atoms with Gasteiger partial charge in [0.15, 0.2) is 11.2 Å². The van der Waals surface area contributed by atoms with Crippen LogP contribution in [0.25, 0.3) is 0 Å². The molecule has 1 saturated carbocycles. The number of rotatable bonds is 10. The van der Waals surface area contributed by atoms with Gasteiger partial charge in [0.25, 0.3) is 17.7 Å². The summed E-state index contributed by atoms with van der Waals surface area (Å²) in [5.41, 5.74) is -0.129. The molecule has 5 aliphatic rings. The lowest BCUT2D eigenvalue weighted by atomic mass is 9.89. The molecule has 0 radical (unpaired) electrons. The van der Waals surface area contributed by atoms with Gasteiger partial charge in [-0.25, -0.2) is 14.4 Å². The fourth-order valence-electron chi connectivity index (χ4n) is 8.72. The second-order valence-electron chi connectivity index (χ2n) is 16.1. The Morgan fingerprint density at radius 2 is 1.15 bits per heavy atom. The molecule has 0 atom stereocenters. The molecule has 0 unspecified atom stereocenters. The zero-order valence-electron chi connectivity index (χ0n) is 36.3. The topological polar surface area (TPSA) is 201 Å². The highest BCUT2D eigenvalue weighted by Gasteiger charge is 2.51. The van der Waals surface area contributed by atoms with Crippen molar-refractivity contribution < 1.29 is 61.9 Å². The quantitative estimate of drug-likeness (QED) is 0.248. The molecule has 0 aromatic heterocycles. The number of amides is 5. The van der Waals surface area contributed by atoms with Gasteiger partial charge in [-0.3, -0.25) is 14.4 Å². The standard InChI is InChI=1S/C26H37N3O6.C18H22N2O7/c1-18(2)29(20-7-5-4-6-8-20)23(30)19-9-10-22-21(17-19)28(14-13-27-25(32)33-3)24(31)26(35-22)11-15-34-16-12-26;1-24-15(21)12-3-4-14-13(11-12)20(8-7-19-17(23)25-2)16(22)18(27-14)5-9-26-10-6-18/h9-10,17-18,20H,4-8,11-16H2,1-3H3,(H,27,32);3-4,11H,5-10H2,1-2H3,(H,19,23). The number of methoxy groups -OCH3 is 3. The third-order valence-corrected chi connectivity index (χ3v) is 12.0. The van der Waals surface area contributed by atoms with Gasteiger partial charge < -0.3 is 58.5 Å². The number of anilines is 2. The molecule has 18 heteroatoms. The van der Waals surface area contributed by atoms with E-state index in [0.717, 1.165) is 25.7 Å². The van der Waals surface area contributed by atoms with E-state index in [2.05, 4.69) is 34.0 Å². The zero-order chi connectivity index (χ0) is 44.4. The van der Waals surface area contributed by atoms with Gasteiger partial charge in [0.1, 0.15) is 11.5 Å². The number of hydrogen-bond donors (Lipinski definition) is 2. The molecule has 2 spiro atoms. The van der Waals surface area contributed by atoms with Gasteiger partial charge in [-0.2, -0.15) is 0 Å². The van der Waals surface area contributed by atoms with E-state index in [-0.39, 0.29) is 56.0 Å². The largest absolute Gasteiger partial charge is 0.475 e. The summed E-state index contributed by atoms with van der Waals surface area (Å²) in [7, 11) is 3.86. The van der Waals surface area contributed by atoms with Crippen molar-refractivity contribution in [1.82, 2.24) is 15.5 Å². The summed E-state index contributed by atoms with van der Waals surface area (Å²) in [6.07, 6.45) is 6.17. The van der Waals surface area contributed by atoms with Crippen molar-refractivity contribution >= 4 is 47.3 Å². The van der Waals surface area contributed by atoms with Crippen molar-refractivity contribution in [2.75, 3.05) is 83.7 Å². The highest BCUT2D eigenvalue weighted by molar-refractivity contribution is 6.06. The highest BCUT2D eigenvalue weighted by atomic mass is 16.6. The van der Waals surface area contributed by atoms with E-state index in [1.54, 1.807) is 41.3 Å². The summed E-state index contributed by atoms with van der Waals surface area (Å²) in [5.74, 6) is 0.145. The van der Waals surface area contributed by atoms with E-state index in [1.165, 1.54) is 32.7 Å². The zero-order valence-corrected chi connectivity index (χ0v) is 36.3. The lowest BCUT2D eigenvalue weighted by Crippen LogP contribution is -2.59. The lowest BCUT2D eigenvalue weighted by molar-refractivity contribution is -0.144. The van der Waals surface area contributed by atoms with E-state index >= 15 is 0 Å². The van der Waals surface area contributed by atoms with Crippen molar-refractivity contribution in [2.24, 2.45) is 0 Å². The van der Waals surface area contributed by atoms with Gasteiger partial charge in [0.2, 0.25) is 0 Å². The third-order valence-electron chi connectivity index (χ3n) is 12.0. The Morgan fingerprint density at radius 1 is 0.694 bits per heavy atom. The number of esters is 1. The van der Waals surface area contributed by atoms with Gasteiger partial charge in [-0.1, -0.05) is 19.3 Å². The summed E-state index contributed by atoms with van der Waals surface area (Å²) in [5, 5.41) is 5.20. The van der Waals surface area contributed by atoms with Gasteiger partial charge >= 0.3 is 18.2 Å². The molecule has 4 aliphatic heterocycles. The van der Waals surface area contributed by atoms with Crippen LogP contribution in [0.1, 0.15) is 92.4 Å². The fourth-order valence-corrected chi connectivity index (χ4v) is 8.72. The normalized spacial score (nSPS) is 18.9. The van der Waals surface area contributed by atoms with Crippen LogP contribution < -0.4 is 29.9 Å². The molecule has 338 valence electrons. The molecule has 18 nitrogen and oxygen atoms in total. The highest BCUT2D eigenvalue weighted by Crippen LogP contribution is 2.44. The molecule has 5 amide bonds. The molecule has 7 rings (SSSR count). The van der Waals surface area contributed by atoms with Crippen molar-refractivity contribution in [3.05, 3.63) is 47.5 Å². The molecule has 62 heavy (non-hydrogen) atoms. The number of fused-ring (bicyclic) bond motifs is 2. The Kier molecular flexibility index (Phi) is 15.2. The predicted molar refractivity (Wildman–Crippen MR) is 225 cm³/mol. The molecule has 2 saturated heterocycles. The fraction of sp³-hybridized carbons (Fsp3) is 0.591. The monoisotopic (exact) mass is 865 g/mol. The van der Waals surface area contributed by atoms with Crippen LogP contribution in [0.2, 0.25) is 0 Å². The Balaban J connectivity index is 0.000000214. The number of benzene rings is 2. The maximum Gasteiger partial charge on any atom is 0.406 e. The predicted octanol–water partition coefficient (Wildman–Crippen LogP) is 4.60. The van der Waals surface area contributed by atoms with Crippen LogP contribution in [0.15, 0.2) is 36.4 Å². The molecule has 2 N–H and O–H groups in total. The third kappa shape index (κ3) is 10.0. The van der Waals surface area contributed by atoms with Crippen molar-refractivity contribution in [1.29, 1.82) is 0 Å². The molecule has 4 heterocycles. The number of carbonyl (C=O) groups is 6. The number of hydrogen-bond acceptors (Lipinski definition) is 13. The first-order valence-electron chi connectivity index (χ1n) is 21.4. The summed E-state index contributed by atoms with van der Waals surface area (Å²) < 4.78 is 37.2. The minimum absolute atomic E-state index is 0.0267. The number of nitrogens with one attached hydrogen (secondary N) is 2. The summed E-state index contributed by atoms with van der Waals surface area (Å²) in [4.78, 5) is 80.6. The first-order chi connectivity index (χ1) is 29.9. The molecule has 2 aromatic carbocycles. The van der Waals surface area contributed by atoms with Crippen LogP contribution in [0.4, 0.5) is 21.0 Å². The number of ether oxygens (including phenoxy) is 7. The van der Waals surface area contributed by atoms with Gasteiger partial charge in [0.05, 0.1) is 64.7 Å². The van der Waals surface area contributed by atoms with E-state index < -0.39 is 29.4 Å². The first-order valence-corrected chi connectivity index (χ1v) is 21.4. The maximum absolute atomic E-state index is 13.7. The minimum atomic E-state index is -0.997. The van der Waals surface area contributed by atoms with Crippen LogP contribution in [-0.4, -0.2) is 138 Å². The van der Waals surface area contributed by atoms with Crippen LogP contribution >= 0.6 is 0 Å². The summed E-state index contributed by atoms with van der Waals surface area (Å²) >= 11 is 0. The Bertz CT molecular complexity index is 1960. The minimum Gasteiger partial charge on any atom is -0.475 e. The smallest absolute Gasteiger partial charge is 0.406 e. The van der Waals surface area contributed by atoms with Crippen LogP contribution in [0.5, 0.6) is 11.5 Å². The van der Waals surface area contributed by atoms with Crippen LogP contribution in [0, 0.1) is 0 Å². The Labute approximate surface area is 361 Å². The van der Waals surface area contributed by atoms with Crippen LogP contribution in [0.3, 0.4) is 0 Å².